The Morgan fingerprint density at radius 1 is 0.750 bits per heavy atom. The summed E-state index contributed by atoms with van der Waals surface area (Å²) in [5.41, 5.74) is 7.63. The summed E-state index contributed by atoms with van der Waals surface area (Å²) in [4.78, 5) is 36.3. The number of carbonyl (C=O) groups excluding carboxylic acids is 3. The van der Waals surface area contributed by atoms with E-state index < -0.39 is 0 Å². The van der Waals surface area contributed by atoms with Crippen LogP contribution in [0.3, 0.4) is 0 Å². The Kier molecular flexibility index (Phi) is 6.95. The molecule has 2 amide bonds. The second kappa shape index (κ2) is 9.83. The molecule has 5 heteroatoms. The van der Waals surface area contributed by atoms with Crippen molar-refractivity contribution in [2.45, 2.75) is 44.9 Å². The Morgan fingerprint density at radius 2 is 1.39 bits per heavy atom. The molecule has 0 unspecified atom stereocenters. The zero-order valence-corrected chi connectivity index (χ0v) is 15.9. The quantitative estimate of drug-likeness (QED) is 0.588. The lowest BCUT2D eigenvalue weighted by atomic mass is 9.89. The molecule has 1 fully saturated rings. The Morgan fingerprint density at radius 3 is 2.07 bits per heavy atom. The van der Waals surface area contributed by atoms with Gasteiger partial charge in [-0.1, -0.05) is 73.9 Å². The topological polar surface area (TPSA) is 75.3 Å². The highest BCUT2D eigenvalue weighted by Gasteiger charge is 2.21. The maximum Gasteiger partial charge on any atom is 0.241 e. The number of hydrogen-bond donors (Lipinski definition) is 2. The fourth-order valence-electron chi connectivity index (χ4n) is 3.51. The molecule has 1 saturated carbocycles. The molecule has 0 aliphatic heterocycles. The number of hydrogen-bond acceptors (Lipinski definition) is 3. The van der Waals surface area contributed by atoms with Gasteiger partial charge in [0.05, 0.1) is 0 Å². The first-order chi connectivity index (χ1) is 13.6. The fourth-order valence-corrected chi connectivity index (χ4v) is 3.51. The van der Waals surface area contributed by atoms with Crippen LogP contribution in [-0.4, -0.2) is 17.6 Å². The van der Waals surface area contributed by atoms with E-state index in [-0.39, 0.29) is 36.4 Å². The predicted molar refractivity (Wildman–Crippen MR) is 108 cm³/mol. The summed E-state index contributed by atoms with van der Waals surface area (Å²) >= 11 is 0. The normalized spacial score (nSPS) is 14.3. The van der Waals surface area contributed by atoms with Crippen LogP contribution < -0.4 is 10.9 Å². The van der Waals surface area contributed by atoms with E-state index >= 15 is 0 Å². The molecule has 2 aromatic carbocycles. The zero-order valence-electron chi connectivity index (χ0n) is 15.9. The fraction of sp³-hybridized carbons (Fsp3) is 0.348. The van der Waals surface area contributed by atoms with Gasteiger partial charge in [-0.05, 0) is 24.0 Å². The Labute approximate surface area is 165 Å². The van der Waals surface area contributed by atoms with Crippen molar-refractivity contribution in [3.05, 3.63) is 60.2 Å². The number of rotatable bonds is 6. The number of ketones is 1. The van der Waals surface area contributed by atoms with Gasteiger partial charge in [0.2, 0.25) is 11.8 Å². The SMILES string of the molecule is O=C(CCC(=O)c1ccc(-c2ccccc2)cc1)NNC(=O)C1CCCCC1. The van der Waals surface area contributed by atoms with Crippen molar-refractivity contribution >= 4 is 17.6 Å². The molecule has 0 bridgehead atoms. The average molecular weight is 378 g/mol. The molecular weight excluding hydrogens is 352 g/mol. The van der Waals surface area contributed by atoms with Crippen LogP contribution in [0.25, 0.3) is 11.1 Å². The first-order valence-electron chi connectivity index (χ1n) is 9.91. The summed E-state index contributed by atoms with van der Waals surface area (Å²) in [5, 5.41) is 0. The van der Waals surface area contributed by atoms with Crippen molar-refractivity contribution in [1.29, 1.82) is 0 Å². The van der Waals surface area contributed by atoms with Gasteiger partial charge < -0.3 is 0 Å². The Balaban J connectivity index is 1.43. The second-order valence-electron chi connectivity index (χ2n) is 7.24. The van der Waals surface area contributed by atoms with E-state index in [0.29, 0.717) is 5.56 Å². The third kappa shape index (κ3) is 5.52. The van der Waals surface area contributed by atoms with Gasteiger partial charge in [0.1, 0.15) is 0 Å². The van der Waals surface area contributed by atoms with E-state index in [1.54, 1.807) is 12.1 Å². The van der Waals surface area contributed by atoms with Crippen LogP contribution in [0, 0.1) is 5.92 Å². The molecule has 1 aliphatic carbocycles. The molecule has 5 nitrogen and oxygen atoms in total. The highest BCUT2D eigenvalue weighted by Crippen LogP contribution is 2.23. The van der Waals surface area contributed by atoms with Crippen LogP contribution in [0.15, 0.2) is 54.6 Å². The van der Waals surface area contributed by atoms with Gasteiger partial charge in [-0.3, -0.25) is 25.2 Å². The largest absolute Gasteiger partial charge is 0.294 e. The monoisotopic (exact) mass is 378 g/mol. The summed E-state index contributed by atoms with van der Waals surface area (Å²) in [7, 11) is 0. The summed E-state index contributed by atoms with van der Waals surface area (Å²) in [5.74, 6) is -0.582. The van der Waals surface area contributed by atoms with Crippen LogP contribution in [0.5, 0.6) is 0 Å². The molecule has 2 aromatic rings. The van der Waals surface area contributed by atoms with Crippen LogP contribution in [0.2, 0.25) is 0 Å². The lowest BCUT2D eigenvalue weighted by Gasteiger charge is -2.20. The van der Waals surface area contributed by atoms with Crippen molar-refractivity contribution in [3.63, 3.8) is 0 Å². The lowest BCUT2D eigenvalue weighted by Crippen LogP contribution is -2.45. The summed E-state index contributed by atoms with van der Waals surface area (Å²) in [6.07, 6.45) is 5.19. The minimum absolute atomic E-state index is 0.0150. The molecule has 3 rings (SSSR count). The third-order valence-electron chi connectivity index (χ3n) is 5.19. The van der Waals surface area contributed by atoms with E-state index in [4.69, 9.17) is 0 Å². The zero-order chi connectivity index (χ0) is 19.8. The smallest absolute Gasteiger partial charge is 0.241 e. The number of Topliss-reactive ketones (excluding diaryl/α,β-unsaturated/α-hetero) is 1. The molecule has 1 aliphatic rings. The van der Waals surface area contributed by atoms with Gasteiger partial charge in [-0.25, -0.2) is 0 Å². The highest BCUT2D eigenvalue weighted by atomic mass is 16.2. The minimum atomic E-state index is -0.349. The molecule has 0 aromatic heterocycles. The summed E-state index contributed by atoms with van der Waals surface area (Å²) in [6.45, 7) is 0. The Bertz CT molecular complexity index is 810. The summed E-state index contributed by atoms with van der Waals surface area (Å²) in [6, 6.07) is 17.3. The number of amides is 2. The van der Waals surface area contributed by atoms with Crippen LogP contribution in [-0.2, 0) is 9.59 Å². The van der Waals surface area contributed by atoms with Crippen LogP contribution >= 0.6 is 0 Å². The highest BCUT2D eigenvalue weighted by molar-refractivity contribution is 5.98. The molecular formula is C23H26N2O3. The molecule has 0 saturated heterocycles. The van der Waals surface area contributed by atoms with E-state index in [0.717, 1.165) is 36.8 Å². The van der Waals surface area contributed by atoms with E-state index in [1.807, 2.05) is 42.5 Å². The number of nitrogens with one attached hydrogen (secondary N) is 2. The standard InChI is InChI=1S/C23H26N2O3/c26-21(19-13-11-18(12-14-19)17-7-3-1-4-8-17)15-16-22(27)24-25-23(28)20-9-5-2-6-10-20/h1,3-4,7-8,11-14,20H,2,5-6,9-10,15-16H2,(H,24,27)(H,25,28). The maximum absolute atomic E-state index is 12.3. The van der Waals surface area contributed by atoms with E-state index in [1.165, 1.54) is 6.42 Å². The Hall–Kier alpha value is -2.95. The lowest BCUT2D eigenvalue weighted by molar-refractivity contribution is -0.131. The van der Waals surface area contributed by atoms with Gasteiger partial charge in [0.15, 0.2) is 5.78 Å². The molecule has 28 heavy (non-hydrogen) atoms. The first kappa shape index (κ1) is 19.8. The predicted octanol–water partition coefficient (Wildman–Crippen LogP) is 4.04. The molecule has 0 atom stereocenters. The summed E-state index contributed by atoms with van der Waals surface area (Å²) < 4.78 is 0. The van der Waals surface area contributed by atoms with Crippen molar-refractivity contribution < 1.29 is 14.4 Å². The maximum atomic E-state index is 12.3. The van der Waals surface area contributed by atoms with Gasteiger partial charge in [-0.2, -0.15) is 0 Å². The van der Waals surface area contributed by atoms with Crippen molar-refractivity contribution in [1.82, 2.24) is 10.9 Å². The number of carbonyl (C=O) groups is 3. The molecule has 146 valence electrons. The second-order valence-corrected chi connectivity index (χ2v) is 7.24. The van der Waals surface area contributed by atoms with E-state index in [2.05, 4.69) is 10.9 Å². The molecule has 0 spiro atoms. The van der Waals surface area contributed by atoms with Gasteiger partial charge in [0, 0.05) is 24.3 Å². The van der Waals surface area contributed by atoms with Gasteiger partial charge in [0.25, 0.3) is 0 Å². The van der Waals surface area contributed by atoms with E-state index in [9.17, 15) is 14.4 Å². The van der Waals surface area contributed by atoms with Gasteiger partial charge in [-0.15, -0.1) is 0 Å². The minimum Gasteiger partial charge on any atom is -0.294 e. The third-order valence-corrected chi connectivity index (χ3v) is 5.19. The average Bonchev–Trinajstić information content (AvgIpc) is 2.77. The first-order valence-corrected chi connectivity index (χ1v) is 9.91. The number of hydrazine groups is 1. The van der Waals surface area contributed by atoms with Crippen molar-refractivity contribution in [2.24, 2.45) is 5.92 Å². The molecule has 2 N–H and O–H groups in total. The molecule has 0 radical (unpaired) electrons. The number of benzene rings is 2. The van der Waals surface area contributed by atoms with Crippen LogP contribution in [0.4, 0.5) is 0 Å². The van der Waals surface area contributed by atoms with Crippen LogP contribution in [0.1, 0.15) is 55.3 Å². The van der Waals surface area contributed by atoms with Crippen molar-refractivity contribution in [2.75, 3.05) is 0 Å². The van der Waals surface area contributed by atoms with Crippen molar-refractivity contribution in [3.8, 4) is 11.1 Å². The van der Waals surface area contributed by atoms with Gasteiger partial charge >= 0.3 is 0 Å². The molecule has 0 heterocycles.